The molecular weight excluding hydrogens is 412 g/mol. The Balaban J connectivity index is 1.93. The summed E-state index contributed by atoms with van der Waals surface area (Å²) in [7, 11) is 1.81. The Morgan fingerprint density at radius 1 is 1.06 bits per heavy atom. The Labute approximate surface area is 182 Å². The standard InChI is InChI=1S/C23H26N4O3S/c1-26(2)15-7-13-24-23-22-19-11-10-17(30-3)16-21(19)27(20(22)12-14-25-23)31(28,29)18-8-5-4-6-9-18/h4-6,8-12,14,16H,7,13,15H2,1-3H3,(H,24,25). The minimum absolute atomic E-state index is 0.230. The van der Waals surface area contributed by atoms with Crippen molar-refractivity contribution in [1.82, 2.24) is 13.9 Å². The number of nitrogens with zero attached hydrogens (tertiary/aromatic N) is 3. The van der Waals surface area contributed by atoms with Gasteiger partial charge in [0.15, 0.2) is 0 Å². The van der Waals surface area contributed by atoms with E-state index in [2.05, 4.69) is 15.2 Å². The lowest BCUT2D eigenvalue weighted by Crippen LogP contribution is -2.16. The van der Waals surface area contributed by atoms with E-state index in [-0.39, 0.29) is 4.90 Å². The van der Waals surface area contributed by atoms with Crippen LogP contribution in [0, 0.1) is 0 Å². The van der Waals surface area contributed by atoms with Crippen molar-refractivity contribution in [3.63, 3.8) is 0 Å². The molecule has 2 aromatic carbocycles. The second kappa shape index (κ2) is 8.56. The summed E-state index contributed by atoms with van der Waals surface area (Å²) in [4.78, 5) is 6.88. The van der Waals surface area contributed by atoms with E-state index in [1.54, 1.807) is 55.8 Å². The third-order valence-electron chi connectivity index (χ3n) is 5.20. The van der Waals surface area contributed by atoms with Crippen molar-refractivity contribution in [3.8, 4) is 5.75 Å². The number of hydrogen-bond acceptors (Lipinski definition) is 6. The monoisotopic (exact) mass is 438 g/mol. The van der Waals surface area contributed by atoms with Gasteiger partial charge >= 0.3 is 0 Å². The van der Waals surface area contributed by atoms with E-state index in [0.717, 1.165) is 30.3 Å². The van der Waals surface area contributed by atoms with Crippen LogP contribution >= 0.6 is 0 Å². The molecule has 0 aliphatic carbocycles. The molecule has 0 aliphatic rings. The van der Waals surface area contributed by atoms with Gasteiger partial charge in [0.05, 0.1) is 28.4 Å². The average molecular weight is 439 g/mol. The molecule has 2 heterocycles. The normalized spacial score (nSPS) is 12.0. The molecule has 0 amide bonds. The quantitative estimate of drug-likeness (QED) is 0.422. The van der Waals surface area contributed by atoms with Gasteiger partial charge in [-0.3, -0.25) is 0 Å². The molecule has 162 valence electrons. The zero-order chi connectivity index (χ0) is 22.0. The topological polar surface area (TPSA) is 76.5 Å². The van der Waals surface area contributed by atoms with Crippen molar-refractivity contribution in [3.05, 3.63) is 60.8 Å². The molecule has 0 saturated carbocycles. The highest BCUT2D eigenvalue weighted by Crippen LogP contribution is 2.37. The van der Waals surface area contributed by atoms with E-state index in [4.69, 9.17) is 4.74 Å². The minimum Gasteiger partial charge on any atom is -0.497 e. The zero-order valence-electron chi connectivity index (χ0n) is 17.9. The van der Waals surface area contributed by atoms with Gasteiger partial charge in [-0.1, -0.05) is 18.2 Å². The molecule has 7 nitrogen and oxygen atoms in total. The van der Waals surface area contributed by atoms with Crippen LogP contribution in [0.2, 0.25) is 0 Å². The number of anilines is 1. The molecule has 8 heteroatoms. The zero-order valence-corrected chi connectivity index (χ0v) is 18.7. The maximum absolute atomic E-state index is 13.6. The fourth-order valence-corrected chi connectivity index (χ4v) is 5.26. The molecule has 4 aromatic rings. The molecule has 0 fully saturated rings. The number of hydrogen-bond donors (Lipinski definition) is 1. The first-order valence-electron chi connectivity index (χ1n) is 10.1. The van der Waals surface area contributed by atoms with E-state index in [9.17, 15) is 8.42 Å². The van der Waals surface area contributed by atoms with Crippen molar-refractivity contribution >= 4 is 37.6 Å². The number of ether oxygens (including phenoxy) is 1. The average Bonchev–Trinajstić information content (AvgIpc) is 3.12. The second-order valence-corrected chi connectivity index (χ2v) is 9.39. The van der Waals surface area contributed by atoms with Crippen molar-refractivity contribution in [2.24, 2.45) is 0 Å². The highest BCUT2D eigenvalue weighted by molar-refractivity contribution is 7.90. The van der Waals surface area contributed by atoms with Crippen LogP contribution < -0.4 is 10.1 Å². The molecule has 1 N–H and O–H groups in total. The molecule has 0 spiro atoms. The molecule has 0 saturated heterocycles. The maximum Gasteiger partial charge on any atom is 0.268 e. The number of benzene rings is 2. The molecule has 0 bridgehead atoms. The molecule has 31 heavy (non-hydrogen) atoms. The van der Waals surface area contributed by atoms with Crippen LogP contribution in [0.4, 0.5) is 5.82 Å². The van der Waals surface area contributed by atoms with Crippen LogP contribution in [-0.2, 0) is 10.0 Å². The first-order valence-corrected chi connectivity index (χ1v) is 11.5. The Bertz CT molecular complexity index is 1320. The van der Waals surface area contributed by atoms with Crippen molar-refractivity contribution < 1.29 is 13.2 Å². The molecular formula is C23H26N4O3S. The lowest BCUT2D eigenvalue weighted by molar-refractivity contribution is 0.405. The largest absolute Gasteiger partial charge is 0.497 e. The van der Waals surface area contributed by atoms with E-state index in [0.29, 0.717) is 22.6 Å². The fraction of sp³-hybridized carbons (Fsp3) is 0.261. The van der Waals surface area contributed by atoms with Crippen LogP contribution in [0.5, 0.6) is 5.75 Å². The highest BCUT2D eigenvalue weighted by atomic mass is 32.2. The van der Waals surface area contributed by atoms with Gasteiger partial charge in [-0.05, 0) is 57.4 Å². The number of rotatable bonds is 8. The van der Waals surface area contributed by atoms with Crippen LogP contribution in [0.15, 0.2) is 65.7 Å². The van der Waals surface area contributed by atoms with E-state index >= 15 is 0 Å². The van der Waals surface area contributed by atoms with Crippen molar-refractivity contribution in [1.29, 1.82) is 0 Å². The number of fused-ring (bicyclic) bond motifs is 3. The van der Waals surface area contributed by atoms with E-state index in [1.807, 2.05) is 26.2 Å². The Hall–Kier alpha value is -3.10. The summed E-state index contributed by atoms with van der Waals surface area (Å²) >= 11 is 0. The van der Waals surface area contributed by atoms with Crippen molar-refractivity contribution in [2.45, 2.75) is 11.3 Å². The van der Waals surface area contributed by atoms with Gasteiger partial charge in [0.25, 0.3) is 10.0 Å². The van der Waals surface area contributed by atoms with Crippen LogP contribution in [0.3, 0.4) is 0 Å². The smallest absolute Gasteiger partial charge is 0.268 e. The highest BCUT2D eigenvalue weighted by Gasteiger charge is 2.25. The molecule has 0 atom stereocenters. The first-order chi connectivity index (χ1) is 14.9. The number of pyridine rings is 1. The first kappa shape index (κ1) is 21.1. The minimum atomic E-state index is -3.83. The third-order valence-corrected chi connectivity index (χ3v) is 6.94. The van der Waals surface area contributed by atoms with Gasteiger partial charge in [-0.25, -0.2) is 17.4 Å². The van der Waals surface area contributed by atoms with Gasteiger partial charge in [0, 0.05) is 24.2 Å². The van der Waals surface area contributed by atoms with Gasteiger partial charge in [-0.15, -0.1) is 0 Å². The molecule has 2 aromatic heterocycles. The summed E-state index contributed by atoms with van der Waals surface area (Å²) in [6.45, 7) is 1.68. The maximum atomic E-state index is 13.6. The summed E-state index contributed by atoms with van der Waals surface area (Å²) < 4.78 is 34.1. The summed E-state index contributed by atoms with van der Waals surface area (Å²) in [6.07, 6.45) is 2.59. The summed E-state index contributed by atoms with van der Waals surface area (Å²) in [5, 5.41) is 4.98. The second-order valence-electron chi connectivity index (χ2n) is 7.60. The van der Waals surface area contributed by atoms with E-state index < -0.39 is 10.0 Å². The summed E-state index contributed by atoms with van der Waals surface area (Å²) in [5.41, 5.74) is 1.14. The van der Waals surface area contributed by atoms with Gasteiger partial charge in [-0.2, -0.15) is 0 Å². The molecule has 0 radical (unpaired) electrons. The molecule has 4 rings (SSSR count). The number of nitrogens with one attached hydrogen (secondary N) is 1. The van der Waals surface area contributed by atoms with Crippen LogP contribution in [0.25, 0.3) is 21.8 Å². The van der Waals surface area contributed by atoms with Crippen LogP contribution in [-0.4, -0.2) is 56.6 Å². The molecule has 0 aliphatic heterocycles. The molecule has 0 unspecified atom stereocenters. The SMILES string of the molecule is COc1ccc2c3c(NCCCN(C)C)nccc3n(S(=O)(=O)c3ccccc3)c2c1. The Morgan fingerprint density at radius 3 is 2.55 bits per heavy atom. The predicted molar refractivity (Wildman–Crippen MR) is 124 cm³/mol. The van der Waals surface area contributed by atoms with Gasteiger partial charge < -0.3 is 15.0 Å². The number of methoxy groups -OCH3 is 1. The lowest BCUT2D eigenvalue weighted by atomic mass is 10.1. The number of aromatic nitrogens is 2. The van der Waals surface area contributed by atoms with E-state index in [1.165, 1.54) is 3.97 Å². The Kier molecular flexibility index (Phi) is 5.84. The predicted octanol–water partition coefficient (Wildman–Crippen LogP) is 3.80. The fourth-order valence-electron chi connectivity index (χ4n) is 3.73. The Morgan fingerprint density at radius 2 is 1.84 bits per heavy atom. The summed E-state index contributed by atoms with van der Waals surface area (Å²) in [6, 6.07) is 15.7. The van der Waals surface area contributed by atoms with Gasteiger partial charge in [0.2, 0.25) is 0 Å². The van der Waals surface area contributed by atoms with Gasteiger partial charge in [0.1, 0.15) is 11.6 Å². The van der Waals surface area contributed by atoms with Crippen molar-refractivity contribution in [2.75, 3.05) is 39.6 Å². The summed E-state index contributed by atoms with van der Waals surface area (Å²) in [5.74, 6) is 1.27. The third kappa shape index (κ3) is 3.96. The lowest BCUT2D eigenvalue weighted by Gasteiger charge is -2.11. The van der Waals surface area contributed by atoms with Crippen LogP contribution in [0.1, 0.15) is 6.42 Å².